The van der Waals surface area contributed by atoms with Gasteiger partial charge < -0.3 is 14.2 Å². The fourth-order valence-electron chi connectivity index (χ4n) is 4.64. The molecule has 1 saturated heterocycles. The summed E-state index contributed by atoms with van der Waals surface area (Å²) in [5.41, 5.74) is -1.06. The van der Waals surface area contributed by atoms with Crippen molar-refractivity contribution in [3.8, 4) is 0 Å². The minimum absolute atomic E-state index is 0.0564. The number of ether oxygens (including phenoxy) is 3. The van der Waals surface area contributed by atoms with Gasteiger partial charge in [0.25, 0.3) is 5.79 Å². The van der Waals surface area contributed by atoms with Crippen LogP contribution in [0, 0.1) is 11.3 Å². The van der Waals surface area contributed by atoms with E-state index < -0.39 is 23.1 Å². The largest absolute Gasteiger partial charge is 0.388 e. The normalized spacial score (nSPS) is 22.5. The van der Waals surface area contributed by atoms with Crippen molar-refractivity contribution in [1.82, 2.24) is 0 Å². The zero-order valence-electron chi connectivity index (χ0n) is 18.8. The van der Waals surface area contributed by atoms with Gasteiger partial charge in [-0.15, -0.1) is 0 Å². The van der Waals surface area contributed by atoms with Crippen LogP contribution in [0.4, 0.5) is 0 Å². The molecular weight excluding hydrogens is 356 g/mol. The van der Waals surface area contributed by atoms with E-state index >= 15 is 0 Å². The number of carbonyl (C=O) groups excluding carboxylic acids is 2. The van der Waals surface area contributed by atoms with E-state index in [4.69, 9.17) is 14.2 Å². The van der Waals surface area contributed by atoms with Crippen LogP contribution in [0.5, 0.6) is 0 Å². The quantitative estimate of drug-likeness (QED) is 0.142. The third-order valence-corrected chi connectivity index (χ3v) is 6.09. The van der Waals surface area contributed by atoms with Gasteiger partial charge >= 0.3 is 11.9 Å². The lowest BCUT2D eigenvalue weighted by atomic mass is 9.66. The van der Waals surface area contributed by atoms with Gasteiger partial charge in [-0.2, -0.15) is 0 Å². The Kier molecular flexibility index (Phi) is 11.3. The Balaban J connectivity index is 2.94. The molecule has 2 unspecified atom stereocenters. The maximum Gasteiger partial charge on any atom is 0.375 e. The molecule has 0 aliphatic carbocycles. The molecule has 2 atom stereocenters. The number of hydrogen-bond acceptors (Lipinski definition) is 5. The van der Waals surface area contributed by atoms with Crippen molar-refractivity contribution < 1.29 is 23.8 Å². The first kappa shape index (κ1) is 25.1. The molecule has 0 bridgehead atoms. The van der Waals surface area contributed by atoms with Crippen molar-refractivity contribution in [2.75, 3.05) is 13.2 Å². The third kappa shape index (κ3) is 5.35. The molecule has 0 amide bonds. The second kappa shape index (κ2) is 12.6. The predicted octanol–water partition coefficient (Wildman–Crippen LogP) is 5.79. The highest BCUT2D eigenvalue weighted by molar-refractivity contribution is 6.03. The average Bonchev–Trinajstić information content (AvgIpc) is 2.86. The molecule has 0 spiro atoms. The first-order chi connectivity index (χ1) is 13.5. The van der Waals surface area contributed by atoms with Crippen molar-refractivity contribution in [3.63, 3.8) is 0 Å². The van der Waals surface area contributed by atoms with Gasteiger partial charge in [0.1, 0.15) is 5.41 Å². The van der Waals surface area contributed by atoms with Gasteiger partial charge in [-0.25, -0.2) is 4.79 Å². The fourth-order valence-corrected chi connectivity index (χ4v) is 4.64. The fraction of sp³-hybridized carbons (Fsp3) is 0.913. The van der Waals surface area contributed by atoms with E-state index in [1.54, 1.807) is 0 Å². The summed E-state index contributed by atoms with van der Waals surface area (Å²) in [7, 11) is 0. The highest BCUT2D eigenvalue weighted by atomic mass is 16.7. The maximum atomic E-state index is 13.0. The topological polar surface area (TPSA) is 61.8 Å². The van der Waals surface area contributed by atoms with E-state index in [1.807, 2.05) is 20.8 Å². The number of carbonyl (C=O) groups is 2. The molecule has 5 nitrogen and oxygen atoms in total. The lowest BCUT2D eigenvalue weighted by molar-refractivity contribution is -0.275. The summed E-state index contributed by atoms with van der Waals surface area (Å²) in [6.07, 6.45) is 11.7. The summed E-state index contributed by atoms with van der Waals surface area (Å²) in [6, 6.07) is 0. The molecule has 1 rings (SSSR count). The number of cyclic esters (lactones) is 2. The number of hydrogen-bond donors (Lipinski definition) is 0. The van der Waals surface area contributed by atoms with Crippen LogP contribution in [0.2, 0.25) is 0 Å². The third-order valence-electron chi connectivity index (χ3n) is 6.09. The van der Waals surface area contributed by atoms with Crippen molar-refractivity contribution in [1.29, 1.82) is 0 Å². The highest BCUT2D eigenvalue weighted by Gasteiger charge is 2.72. The van der Waals surface area contributed by atoms with Crippen LogP contribution in [0.3, 0.4) is 0 Å². The molecule has 0 N–H and O–H groups in total. The van der Waals surface area contributed by atoms with Crippen LogP contribution in [-0.2, 0) is 23.8 Å². The van der Waals surface area contributed by atoms with Crippen LogP contribution < -0.4 is 0 Å². The Morgan fingerprint density at radius 1 is 0.786 bits per heavy atom. The molecule has 0 radical (unpaired) electrons. The maximum absolute atomic E-state index is 13.0. The molecule has 1 aliphatic rings. The molecule has 1 aliphatic heterocycles. The number of rotatable bonds is 16. The Bertz CT molecular complexity index is 470. The summed E-state index contributed by atoms with van der Waals surface area (Å²) < 4.78 is 17.0. The first-order valence-corrected chi connectivity index (χ1v) is 11.5. The van der Waals surface area contributed by atoms with Crippen molar-refractivity contribution in [2.24, 2.45) is 11.3 Å². The van der Waals surface area contributed by atoms with Crippen LogP contribution in [0.1, 0.15) is 105 Å². The first-order valence-electron chi connectivity index (χ1n) is 11.5. The Labute approximate surface area is 171 Å². The van der Waals surface area contributed by atoms with Crippen LogP contribution in [-0.4, -0.2) is 30.9 Å². The predicted molar refractivity (Wildman–Crippen MR) is 111 cm³/mol. The molecule has 0 aromatic rings. The van der Waals surface area contributed by atoms with E-state index in [0.717, 1.165) is 32.1 Å². The minimum Gasteiger partial charge on any atom is -0.388 e. The molecule has 0 aromatic carbocycles. The second-order valence-corrected chi connectivity index (χ2v) is 8.05. The number of esters is 2. The van der Waals surface area contributed by atoms with Gasteiger partial charge in [0.05, 0.1) is 0 Å². The van der Waals surface area contributed by atoms with E-state index in [2.05, 4.69) is 13.8 Å². The van der Waals surface area contributed by atoms with Crippen LogP contribution in [0.15, 0.2) is 0 Å². The van der Waals surface area contributed by atoms with Crippen LogP contribution in [0.25, 0.3) is 0 Å². The van der Waals surface area contributed by atoms with Crippen molar-refractivity contribution in [3.05, 3.63) is 0 Å². The summed E-state index contributed by atoms with van der Waals surface area (Å²) in [4.78, 5) is 25.8. The van der Waals surface area contributed by atoms with E-state index in [0.29, 0.717) is 19.6 Å². The lowest BCUT2D eigenvalue weighted by Crippen LogP contribution is -2.58. The molecule has 1 heterocycles. The smallest absolute Gasteiger partial charge is 0.375 e. The molecule has 0 aromatic heterocycles. The Morgan fingerprint density at radius 3 is 1.82 bits per heavy atom. The monoisotopic (exact) mass is 398 g/mol. The molecule has 0 saturated carbocycles. The Hall–Kier alpha value is -0.940. The van der Waals surface area contributed by atoms with Gasteiger partial charge in [0.2, 0.25) is 0 Å². The van der Waals surface area contributed by atoms with Gasteiger partial charge in [-0.05, 0) is 32.6 Å². The van der Waals surface area contributed by atoms with Crippen molar-refractivity contribution >= 4 is 11.9 Å². The van der Waals surface area contributed by atoms with E-state index in [1.165, 1.54) is 32.1 Å². The lowest BCUT2D eigenvalue weighted by Gasteiger charge is -2.42. The van der Waals surface area contributed by atoms with Gasteiger partial charge in [0, 0.05) is 13.2 Å². The van der Waals surface area contributed by atoms with E-state index in [9.17, 15) is 9.59 Å². The summed E-state index contributed by atoms with van der Waals surface area (Å²) >= 11 is 0. The summed E-state index contributed by atoms with van der Waals surface area (Å²) in [5, 5.41) is 0. The van der Waals surface area contributed by atoms with E-state index in [-0.39, 0.29) is 5.92 Å². The highest BCUT2D eigenvalue weighted by Crippen LogP contribution is 2.53. The molecule has 1 fully saturated rings. The minimum atomic E-state index is -1.61. The zero-order valence-corrected chi connectivity index (χ0v) is 18.8. The number of unbranched alkanes of at least 4 members (excludes halogenated alkanes) is 7. The van der Waals surface area contributed by atoms with Gasteiger partial charge in [-0.3, -0.25) is 4.79 Å². The summed E-state index contributed by atoms with van der Waals surface area (Å²) in [6.45, 7) is 10.6. The molecule has 5 heteroatoms. The second-order valence-electron chi connectivity index (χ2n) is 8.05. The SMILES string of the molecule is CCCCCCCCCCC1(C(C)CCC)C(=O)OC(=O)C1(OCC)OCC. The van der Waals surface area contributed by atoms with Gasteiger partial charge in [-0.1, -0.05) is 78.6 Å². The molecular formula is C23H42O5. The molecule has 164 valence electrons. The Morgan fingerprint density at radius 2 is 1.32 bits per heavy atom. The van der Waals surface area contributed by atoms with Crippen LogP contribution >= 0.6 is 0 Å². The standard InChI is InChI=1S/C23H42O5/c1-6-10-11-12-13-14-15-16-18-22(19(5)17-7-2)20(24)28-21(25)23(22,26-8-3)27-9-4/h19H,6-18H2,1-5H3. The summed E-state index contributed by atoms with van der Waals surface area (Å²) in [5.74, 6) is -2.81. The zero-order chi connectivity index (χ0) is 21.0. The molecule has 28 heavy (non-hydrogen) atoms. The van der Waals surface area contributed by atoms with Crippen molar-refractivity contribution in [2.45, 2.75) is 111 Å². The van der Waals surface area contributed by atoms with Gasteiger partial charge in [0.15, 0.2) is 0 Å². The average molecular weight is 399 g/mol.